The summed E-state index contributed by atoms with van der Waals surface area (Å²) >= 11 is 15.0. The largest absolute Gasteiger partial charge is 0.240 e. The number of benzene rings is 1. The Labute approximate surface area is 126 Å². The molecule has 0 amide bonds. The highest BCUT2D eigenvalue weighted by Gasteiger charge is 2.19. The second-order valence-electron chi connectivity index (χ2n) is 4.14. The zero-order valence-corrected chi connectivity index (χ0v) is 13.9. The summed E-state index contributed by atoms with van der Waals surface area (Å²) in [6.07, 6.45) is 0.688. The molecule has 0 radical (unpaired) electrons. The molecule has 0 aliphatic rings. The van der Waals surface area contributed by atoms with Gasteiger partial charge >= 0.3 is 0 Å². The number of nitrogens with one attached hydrogen (secondary N) is 1. The third-order valence-electron chi connectivity index (χ3n) is 2.18. The Hall–Kier alpha value is 0.190. The normalized spacial score (nSPS) is 15.4. The van der Waals surface area contributed by atoms with Crippen molar-refractivity contribution in [2.24, 2.45) is 0 Å². The van der Waals surface area contributed by atoms with Crippen molar-refractivity contribution in [1.29, 1.82) is 0 Å². The van der Waals surface area contributed by atoms with E-state index in [2.05, 4.69) is 20.7 Å². The van der Waals surface area contributed by atoms with Gasteiger partial charge in [-0.05, 0) is 31.5 Å². The molecular weight excluding hydrogens is 361 g/mol. The van der Waals surface area contributed by atoms with Crippen LogP contribution in [-0.4, -0.2) is 19.3 Å². The van der Waals surface area contributed by atoms with Gasteiger partial charge in [0.25, 0.3) is 0 Å². The molecule has 0 aliphatic carbocycles. The highest BCUT2D eigenvalue weighted by molar-refractivity contribution is 9.09. The first-order valence-electron chi connectivity index (χ1n) is 5.33. The van der Waals surface area contributed by atoms with Gasteiger partial charge in [0.05, 0.1) is 4.90 Å². The molecule has 3 nitrogen and oxygen atoms in total. The molecule has 0 aliphatic heterocycles. The molecule has 102 valence electrons. The maximum atomic E-state index is 12.1. The predicted octanol–water partition coefficient (Wildman–Crippen LogP) is 3.83. The maximum Gasteiger partial charge on any atom is 0.240 e. The van der Waals surface area contributed by atoms with Crippen molar-refractivity contribution in [2.75, 3.05) is 0 Å². The molecule has 7 heteroatoms. The van der Waals surface area contributed by atoms with E-state index in [9.17, 15) is 8.42 Å². The Bertz CT molecular complexity index is 500. The topological polar surface area (TPSA) is 46.2 Å². The molecule has 1 N–H and O–H groups in total. The van der Waals surface area contributed by atoms with Crippen LogP contribution in [0.15, 0.2) is 23.1 Å². The zero-order valence-electron chi connectivity index (χ0n) is 9.95. The van der Waals surface area contributed by atoms with Crippen LogP contribution in [0.2, 0.25) is 10.0 Å². The van der Waals surface area contributed by atoms with Crippen LogP contribution in [0, 0.1) is 0 Å². The summed E-state index contributed by atoms with van der Waals surface area (Å²) in [7, 11) is -3.59. The summed E-state index contributed by atoms with van der Waals surface area (Å²) in [4.78, 5) is 0.312. The maximum absolute atomic E-state index is 12.1. The lowest BCUT2D eigenvalue weighted by Gasteiger charge is -2.15. The van der Waals surface area contributed by atoms with Crippen LogP contribution in [0.5, 0.6) is 0 Å². The lowest BCUT2D eigenvalue weighted by Crippen LogP contribution is -2.33. The molecule has 0 saturated carbocycles. The molecule has 18 heavy (non-hydrogen) atoms. The average molecular weight is 375 g/mol. The molecule has 0 fully saturated rings. The minimum Gasteiger partial charge on any atom is -0.208 e. The van der Waals surface area contributed by atoms with Gasteiger partial charge in [0.2, 0.25) is 10.0 Å². The third-order valence-corrected chi connectivity index (χ3v) is 4.56. The lowest BCUT2D eigenvalue weighted by atomic mass is 10.2. The van der Waals surface area contributed by atoms with Gasteiger partial charge in [-0.15, -0.1) is 0 Å². The molecule has 1 aromatic carbocycles. The summed E-state index contributed by atoms with van der Waals surface area (Å²) < 4.78 is 26.8. The van der Waals surface area contributed by atoms with E-state index in [4.69, 9.17) is 23.2 Å². The first kappa shape index (κ1) is 16.2. The lowest BCUT2D eigenvalue weighted by molar-refractivity contribution is 0.548. The Morgan fingerprint density at radius 1 is 1.22 bits per heavy atom. The van der Waals surface area contributed by atoms with E-state index < -0.39 is 10.0 Å². The summed E-state index contributed by atoms with van der Waals surface area (Å²) in [6.45, 7) is 3.77. The third kappa shape index (κ3) is 5.05. The summed E-state index contributed by atoms with van der Waals surface area (Å²) in [5, 5.41) is 0.591. The van der Waals surface area contributed by atoms with Crippen LogP contribution in [0.3, 0.4) is 0 Å². The summed E-state index contributed by atoms with van der Waals surface area (Å²) in [6, 6.07) is 4.06. The van der Waals surface area contributed by atoms with Crippen molar-refractivity contribution in [1.82, 2.24) is 4.72 Å². The fraction of sp³-hybridized carbons (Fsp3) is 0.455. The molecule has 1 rings (SSSR count). The Morgan fingerprint density at radius 3 is 2.17 bits per heavy atom. The number of hydrogen-bond acceptors (Lipinski definition) is 2. The second kappa shape index (κ2) is 6.57. The number of halogens is 3. The van der Waals surface area contributed by atoms with Gasteiger partial charge in [-0.25, -0.2) is 13.1 Å². The van der Waals surface area contributed by atoms with Crippen molar-refractivity contribution in [3.63, 3.8) is 0 Å². The number of sulfonamides is 1. The van der Waals surface area contributed by atoms with Crippen molar-refractivity contribution in [3.8, 4) is 0 Å². The van der Waals surface area contributed by atoms with Crippen molar-refractivity contribution >= 4 is 49.2 Å². The fourth-order valence-corrected chi connectivity index (χ4v) is 4.09. The van der Waals surface area contributed by atoms with E-state index >= 15 is 0 Å². The van der Waals surface area contributed by atoms with Gasteiger partial charge in [-0.1, -0.05) is 46.1 Å². The summed E-state index contributed by atoms with van der Waals surface area (Å²) in [5.74, 6) is 0. The van der Waals surface area contributed by atoms with E-state index in [0.29, 0.717) is 16.5 Å². The number of alkyl halides is 1. The van der Waals surface area contributed by atoms with Gasteiger partial charge in [0, 0.05) is 20.9 Å². The van der Waals surface area contributed by atoms with Crippen LogP contribution in [0.1, 0.15) is 20.3 Å². The SMILES string of the molecule is CC(Br)CC(C)NS(=O)(=O)c1cc(Cl)cc(Cl)c1. The van der Waals surface area contributed by atoms with Gasteiger partial charge in [0.15, 0.2) is 0 Å². The number of hydrogen-bond donors (Lipinski definition) is 1. The molecule has 0 spiro atoms. The summed E-state index contributed by atoms with van der Waals surface area (Å²) in [5.41, 5.74) is 0. The molecule has 1 aromatic rings. The van der Waals surface area contributed by atoms with Crippen LogP contribution in [-0.2, 0) is 10.0 Å². The highest BCUT2D eigenvalue weighted by Crippen LogP contribution is 2.22. The molecule has 0 aromatic heterocycles. The predicted molar refractivity (Wildman–Crippen MR) is 79.3 cm³/mol. The zero-order chi connectivity index (χ0) is 13.9. The van der Waals surface area contributed by atoms with Crippen LogP contribution < -0.4 is 4.72 Å². The van der Waals surface area contributed by atoms with Gasteiger partial charge in [0.1, 0.15) is 0 Å². The van der Waals surface area contributed by atoms with E-state index in [0.717, 1.165) is 0 Å². The van der Waals surface area contributed by atoms with E-state index in [-0.39, 0.29) is 15.8 Å². The van der Waals surface area contributed by atoms with Crippen LogP contribution in [0.4, 0.5) is 0 Å². The van der Waals surface area contributed by atoms with Gasteiger partial charge in [-0.3, -0.25) is 0 Å². The first-order valence-corrected chi connectivity index (χ1v) is 8.48. The quantitative estimate of drug-likeness (QED) is 0.796. The molecule has 0 heterocycles. The molecule has 0 saturated heterocycles. The van der Waals surface area contributed by atoms with Crippen molar-refractivity contribution < 1.29 is 8.42 Å². The standard InChI is InChI=1S/C11H14BrCl2NO2S/c1-7(12)3-8(2)15-18(16,17)11-5-9(13)4-10(14)6-11/h4-8,15H,3H2,1-2H3. The minimum absolute atomic E-state index is 0.0778. The molecular formula is C11H14BrCl2NO2S. The molecule has 2 atom stereocenters. The Kier molecular flexibility index (Phi) is 5.93. The van der Waals surface area contributed by atoms with Crippen molar-refractivity contribution in [2.45, 2.75) is 36.0 Å². The first-order chi connectivity index (χ1) is 8.20. The minimum atomic E-state index is -3.59. The average Bonchev–Trinajstić information content (AvgIpc) is 2.13. The van der Waals surface area contributed by atoms with E-state index in [1.807, 2.05) is 13.8 Å². The van der Waals surface area contributed by atoms with Crippen LogP contribution >= 0.6 is 39.1 Å². The van der Waals surface area contributed by atoms with Crippen LogP contribution in [0.25, 0.3) is 0 Å². The highest BCUT2D eigenvalue weighted by atomic mass is 79.9. The van der Waals surface area contributed by atoms with E-state index in [1.165, 1.54) is 18.2 Å². The molecule has 0 bridgehead atoms. The Balaban J connectivity index is 2.92. The molecule has 2 unspecified atom stereocenters. The smallest absolute Gasteiger partial charge is 0.208 e. The van der Waals surface area contributed by atoms with Gasteiger partial charge in [-0.2, -0.15) is 0 Å². The fourth-order valence-electron chi connectivity index (χ4n) is 1.55. The number of rotatable bonds is 5. The van der Waals surface area contributed by atoms with Gasteiger partial charge < -0.3 is 0 Å². The Morgan fingerprint density at radius 2 is 1.72 bits per heavy atom. The second-order valence-corrected chi connectivity index (χ2v) is 8.29. The van der Waals surface area contributed by atoms with Crippen molar-refractivity contribution in [3.05, 3.63) is 28.2 Å². The van der Waals surface area contributed by atoms with E-state index in [1.54, 1.807) is 0 Å². The monoisotopic (exact) mass is 373 g/mol.